The number of halogens is 1. The van der Waals surface area contributed by atoms with Gasteiger partial charge in [0.05, 0.1) is 18.7 Å². The summed E-state index contributed by atoms with van der Waals surface area (Å²) in [6.07, 6.45) is 3.62. The molecule has 1 amide bonds. The third-order valence-electron chi connectivity index (χ3n) is 4.02. The molecule has 0 aliphatic carbocycles. The molecule has 0 spiro atoms. The van der Waals surface area contributed by atoms with Crippen LogP contribution in [-0.4, -0.2) is 24.6 Å². The Hall–Kier alpha value is -2.70. The Morgan fingerprint density at radius 1 is 1.21 bits per heavy atom. The van der Waals surface area contributed by atoms with Gasteiger partial charge in [0.25, 0.3) is 5.91 Å². The Kier molecular flexibility index (Phi) is 7.38. The standard InChI is InChI=1S/C22H21ClN2O3S/c1-3-28-21-19(23)11-16(12-20(21)27-2)22(26)25-17-6-8-18(9-7-17)29-14-15-5-4-10-24-13-15/h4-13H,3,14H2,1-2H3,(H,25,26). The average Bonchev–Trinajstić information content (AvgIpc) is 2.75. The Morgan fingerprint density at radius 3 is 2.66 bits per heavy atom. The van der Waals surface area contributed by atoms with Crippen LogP contribution in [-0.2, 0) is 5.75 Å². The molecule has 0 fully saturated rings. The molecule has 0 aliphatic rings. The zero-order chi connectivity index (χ0) is 20.6. The van der Waals surface area contributed by atoms with Gasteiger partial charge in [-0.2, -0.15) is 0 Å². The lowest BCUT2D eigenvalue weighted by Gasteiger charge is -2.13. The molecule has 0 radical (unpaired) electrons. The summed E-state index contributed by atoms with van der Waals surface area (Å²) in [6.45, 7) is 2.31. The van der Waals surface area contributed by atoms with Crippen molar-refractivity contribution in [2.45, 2.75) is 17.6 Å². The lowest BCUT2D eigenvalue weighted by atomic mass is 10.1. The fourth-order valence-electron chi connectivity index (χ4n) is 2.62. The molecule has 1 aromatic heterocycles. The molecule has 0 saturated carbocycles. The second-order valence-corrected chi connectivity index (χ2v) is 7.51. The van der Waals surface area contributed by atoms with Crippen molar-refractivity contribution in [2.75, 3.05) is 19.0 Å². The van der Waals surface area contributed by atoms with Crippen LogP contribution in [0.1, 0.15) is 22.8 Å². The Labute approximate surface area is 179 Å². The fraction of sp³-hybridized carbons (Fsp3) is 0.182. The van der Waals surface area contributed by atoms with Gasteiger partial charge in [-0.15, -0.1) is 11.8 Å². The van der Waals surface area contributed by atoms with Crippen molar-refractivity contribution in [1.29, 1.82) is 0 Å². The van der Waals surface area contributed by atoms with Crippen LogP contribution in [0.2, 0.25) is 5.02 Å². The van der Waals surface area contributed by atoms with Crippen molar-refractivity contribution in [3.63, 3.8) is 0 Å². The van der Waals surface area contributed by atoms with E-state index >= 15 is 0 Å². The predicted octanol–water partition coefficient (Wildman–Crippen LogP) is 5.69. The molecule has 0 unspecified atom stereocenters. The van der Waals surface area contributed by atoms with Gasteiger partial charge in [0, 0.05) is 34.3 Å². The maximum absolute atomic E-state index is 12.6. The smallest absolute Gasteiger partial charge is 0.255 e. The number of nitrogens with one attached hydrogen (secondary N) is 1. The highest BCUT2D eigenvalue weighted by Crippen LogP contribution is 2.36. The zero-order valence-electron chi connectivity index (χ0n) is 16.1. The maximum atomic E-state index is 12.6. The molecule has 0 aliphatic heterocycles. The summed E-state index contributed by atoms with van der Waals surface area (Å²) in [5, 5.41) is 3.21. The van der Waals surface area contributed by atoms with Crippen molar-refractivity contribution in [2.24, 2.45) is 0 Å². The number of pyridine rings is 1. The number of amides is 1. The first kappa shape index (κ1) is 21.0. The molecule has 0 bridgehead atoms. The van der Waals surface area contributed by atoms with E-state index in [4.69, 9.17) is 21.1 Å². The van der Waals surface area contributed by atoms with Gasteiger partial charge in [-0.05, 0) is 55.0 Å². The van der Waals surface area contributed by atoms with Gasteiger partial charge >= 0.3 is 0 Å². The largest absolute Gasteiger partial charge is 0.493 e. The van der Waals surface area contributed by atoms with Crippen LogP contribution < -0.4 is 14.8 Å². The molecule has 3 aromatic rings. The number of thioether (sulfide) groups is 1. The van der Waals surface area contributed by atoms with Crippen LogP contribution in [0.25, 0.3) is 0 Å². The Bertz CT molecular complexity index is 966. The summed E-state index contributed by atoms with van der Waals surface area (Å²) >= 11 is 7.96. The molecular formula is C22H21ClN2O3S. The van der Waals surface area contributed by atoms with Gasteiger partial charge in [0.1, 0.15) is 0 Å². The molecular weight excluding hydrogens is 408 g/mol. The van der Waals surface area contributed by atoms with Crippen molar-refractivity contribution >= 4 is 35.0 Å². The van der Waals surface area contributed by atoms with E-state index in [1.165, 1.54) is 7.11 Å². The van der Waals surface area contributed by atoms with Crippen molar-refractivity contribution in [3.8, 4) is 11.5 Å². The molecule has 0 atom stereocenters. The molecule has 3 rings (SSSR count). The van der Waals surface area contributed by atoms with Crippen LogP contribution >= 0.6 is 23.4 Å². The predicted molar refractivity (Wildman–Crippen MR) is 117 cm³/mol. The van der Waals surface area contributed by atoms with Crippen LogP contribution in [0.5, 0.6) is 11.5 Å². The highest BCUT2D eigenvalue weighted by molar-refractivity contribution is 7.98. The van der Waals surface area contributed by atoms with Crippen LogP contribution in [0.15, 0.2) is 65.8 Å². The minimum absolute atomic E-state index is 0.274. The minimum atomic E-state index is -0.274. The molecule has 2 aromatic carbocycles. The molecule has 1 heterocycles. The number of carbonyl (C=O) groups is 1. The topological polar surface area (TPSA) is 60.5 Å². The van der Waals surface area contributed by atoms with E-state index in [0.29, 0.717) is 34.4 Å². The van der Waals surface area contributed by atoms with E-state index in [0.717, 1.165) is 16.2 Å². The first-order valence-corrected chi connectivity index (χ1v) is 10.4. The van der Waals surface area contributed by atoms with Crippen LogP contribution in [0.3, 0.4) is 0 Å². The number of anilines is 1. The first-order chi connectivity index (χ1) is 14.1. The fourth-order valence-corrected chi connectivity index (χ4v) is 3.72. The quantitative estimate of drug-likeness (QED) is 0.467. The second kappa shape index (κ2) is 10.2. The first-order valence-electron chi connectivity index (χ1n) is 9.04. The zero-order valence-corrected chi connectivity index (χ0v) is 17.7. The summed E-state index contributed by atoms with van der Waals surface area (Å²) in [5.41, 5.74) is 2.26. The van der Waals surface area contributed by atoms with E-state index in [2.05, 4.69) is 10.3 Å². The van der Waals surface area contributed by atoms with Crippen molar-refractivity contribution in [1.82, 2.24) is 4.98 Å². The average molecular weight is 429 g/mol. The molecule has 5 nitrogen and oxygen atoms in total. The number of rotatable bonds is 8. The summed E-state index contributed by atoms with van der Waals surface area (Å²) in [5.74, 6) is 1.42. The number of hydrogen-bond donors (Lipinski definition) is 1. The third-order valence-corrected chi connectivity index (χ3v) is 5.38. The van der Waals surface area contributed by atoms with Crippen molar-refractivity contribution in [3.05, 3.63) is 77.1 Å². The van der Waals surface area contributed by atoms with E-state index in [1.54, 1.807) is 30.1 Å². The Balaban J connectivity index is 1.65. The van der Waals surface area contributed by atoms with Crippen LogP contribution in [0, 0.1) is 0 Å². The minimum Gasteiger partial charge on any atom is -0.493 e. The molecule has 7 heteroatoms. The summed E-state index contributed by atoms with van der Waals surface area (Å²) in [7, 11) is 1.51. The van der Waals surface area contributed by atoms with Gasteiger partial charge in [0.2, 0.25) is 0 Å². The summed E-state index contributed by atoms with van der Waals surface area (Å²) < 4.78 is 10.8. The van der Waals surface area contributed by atoms with Gasteiger partial charge in [-0.1, -0.05) is 17.7 Å². The Morgan fingerprint density at radius 2 is 2.00 bits per heavy atom. The number of benzene rings is 2. The number of aromatic nitrogens is 1. The molecule has 29 heavy (non-hydrogen) atoms. The normalized spacial score (nSPS) is 10.4. The van der Waals surface area contributed by atoms with E-state index in [9.17, 15) is 4.79 Å². The number of carbonyl (C=O) groups excluding carboxylic acids is 1. The lowest BCUT2D eigenvalue weighted by molar-refractivity contribution is 0.102. The molecule has 1 N–H and O–H groups in total. The van der Waals surface area contributed by atoms with Gasteiger partial charge in [-0.25, -0.2) is 0 Å². The lowest BCUT2D eigenvalue weighted by Crippen LogP contribution is -2.12. The highest BCUT2D eigenvalue weighted by atomic mass is 35.5. The van der Waals surface area contributed by atoms with E-state index in [-0.39, 0.29) is 5.91 Å². The summed E-state index contributed by atoms with van der Waals surface area (Å²) in [4.78, 5) is 17.8. The summed E-state index contributed by atoms with van der Waals surface area (Å²) in [6, 6.07) is 14.9. The van der Waals surface area contributed by atoms with Crippen LogP contribution in [0.4, 0.5) is 5.69 Å². The van der Waals surface area contributed by atoms with E-state index in [1.807, 2.05) is 49.5 Å². The maximum Gasteiger partial charge on any atom is 0.255 e. The van der Waals surface area contributed by atoms with Crippen molar-refractivity contribution < 1.29 is 14.3 Å². The van der Waals surface area contributed by atoms with Gasteiger partial charge < -0.3 is 14.8 Å². The number of ether oxygens (including phenoxy) is 2. The molecule has 0 saturated heterocycles. The number of methoxy groups -OCH3 is 1. The number of hydrogen-bond acceptors (Lipinski definition) is 5. The highest BCUT2D eigenvalue weighted by Gasteiger charge is 2.16. The second-order valence-electron chi connectivity index (χ2n) is 6.05. The van der Waals surface area contributed by atoms with E-state index < -0.39 is 0 Å². The van der Waals surface area contributed by atoms with Gasteiger partial charge in [0.15, 0.2) is 11.5 Å². The number of nitrogens with zero attached hydrogens (tertiary/aromatic N) is 1. The van der Waals surface area contributed by atoms with Gasteiger partial charge in [-0.3, -0.25) is 9.78 Å². The monoisotopic (exact) mass is 428 g/mol. The molecule has 150 valence electrons. The third kappa shape index (κ3) is 5.65. The SMILES string of the molecule is CCOc1c(Cl)cc(C(=O)Nc2ccc(SCc3cccnc3)cc2)cc1OC.